The van der Waals surface area contributed by atoms with E-state index in [1.807, 2.05) is 18.2 Å². The second kappa shape index (κ2) is 9.32. The Hall–Kier alpha value is -2.84. The molecule has 1 aliphatic carbocycles. The summed E-state index contributed by atoms with van der Waals surface area (Å²) in [6.45, 7) is 0.594. The highest BCUT2D eigenvalue weighted by molar-refractivity contribution is 7.87. The molecule has 1 amide bonds. The van der Waals surface area contributed by atoms with Crippen molar-refractivity contribution < 1.29 is 17.9 Å². The predicted octanol–water partition coefficient (Wildman–Crippen LogP) is 4.54. The van der Waals surface area contributed by atoms with Gasteiger partial charge in [-0.15, -0.1) is 0 Å². The molecule has 35 heavy (non-hydrogen) atoms. The molecule has 1 aromatic heterocycles. The van der Waals surface area contributed by atoms with Crippen molar-refractivity contribution in [3.63, 3.8) is 0 Å². The van der Waals surface area contributed by atoms with Crippen molar-refractivity contribution in [1.29, 1.82) is 0 Å². The molecule has 1 N–H and O–H groups in total. The van der Waals surface area contributed by atoms with E-state index >= 15 is 0 Å². The molecule has 2 aromatic carbocycles. The topological polar surface area (TPSA) is 80.6 Å². The molecule has 8 heteroatoms. The van der Waals surface area contributed by atoms with Crippen LogP contribution in [0.2, 0.25) is 0 Å². The number of methoxy groups -OCH3 is 1. The molecule has 1 aliphatic heterocycles. The molecule has 2 aliphatic rings. The lowest BCUT2D eigenvalue weighted by atomic mass is 9.81. The number of fused-ring (bicyclic) bond motifs is 5. The molecule has 7 nitrogen and oxygen atoms in total. The Morgan fingerprint density at radius 1 is 1.11 bits per heavy atom. The van der Waals surface area contributed by atoms with Crippen molar-refractivity contribution in [2.45, 2.75) is 51.0 Å². The second-order valence-electron chi connectivity index (χ2n) is 9.58. The van der Waals surface area contributed by atoms with Gasteiger partial charge in [0.25, 0.3) is 5.91 Å². The van der Waals surface area contributed by atoms with Gasteiger partial charge in [0.05, 0.1) is 12.8 Å². The Kier molecular flexibility index (Phi) is 6.36. The lowest BCUT2D eigenvalue weighted by molar-refractivity contribution is 0.0980. The van der Waals surface area contributed by atoms with Crippen LogP contribution >= 0.6 is 0 Å². The number of carbonyl (C=O) groups is 1. The average molecular weight is 494 g/mol. The van der Waals surface area contributed by atoms with Gasteiger partial charge in [-0.3, -0.25) is 4.79 Å². The predicted molar refractivity (Wildman–Crippen MR) is 137 cm³/mol. The zero-order chi connectivity index (χ0) is 24.7. The Morgan fingerprint density at radius 3 is 2.60 bits per heavy atom. The van der Waals surface area contributed by atoms with Gasteiger partial charge < -0.3 is 9.30 Å². The van der Waals surface area contributed by atoms with Gasteiger partial charge in [0.2, 0.25) is 0 Å². The zero-order valence-corrected chi connectivity index (χ0v) is 21.2. The van der Waals surface area contributed by atoms with Crippen molar-refractivity contribution in [3.8, 4) is 17.0 Å². The number of ether oxygens (including phenoxy) is 1. The van der Waals surface area contributed by atoms with Gasteiger partial charge in [0, 0.05) is 49.1 Å². The number of aromatic nitrogens is 1. The summed E-state index contributed by atoms with van der Waals surface area (Å²) in [4.78, 5) is 12.9. The Labute approximate surface area is 207 Å². The molecular formula is C27H31N3O4S. The maximum Gasteiger partial charge on any atom is 0.303 e. The summed E-state index contributed by atoms with van der Waals surface area (Å²) < 4.78 is 35.3. The fraction of sp³-hybridized carbons (Fsp3) is 0.407. The number of amides is 1. The average Bonchev–Trinajstić information content (AvgIpc) is 3.05. The third-order valence-corrected chi connectivity index (χ3v) is 8.64. The number of carbonyl (C=O) groups excluding carboxylic acids is 1. The third-order valence-electron chi connectivity index (χ3n) is 7.23. The summed E-state index contributed by atoms with van der Waals surface area (Å²) in [6, 6.07) is 11.8. The minimum Gasteiger partial charge on any atom is -0.497 e. The van der Waals surface area contributed by atoms with E-state index in [4.69, 9.17) is 4.74 Å². The number of hydrogen-bond acceptors (Lipinski definition) is 4. The molecule has 2 radical (unpaired) electrons. The van der Waals surface area contributed by atoms with Crippen molar-refractivity contribution in [1.82, 2.24) is 13.6 Å². The fourth-order valence-electron chi connectivity index (χ4n) is 5.42. The van der Waals surface area contributed by atoms with E-state index in [-0.39, 0.29) is 0 Å². The minimum absolute atomic E-state index is 0.317. The summed E-state index contributed by atoms with van der Waals surface area (Å²) in [6.07, 6.45) is 10.2. The lowest BCUT2D eigenvalue weighted by Crippen LogP contribution is -2.39. The Bertz CT molecular complexity index is 1390. The Balaban J connectivity index is 1.70. The molecule has 3 aromatic rings. The summed E-state index contributed by atoms with van der Waals surface area (Å²) >= 11 is 0. The highest BCUT2D eigenvalue weighted by Gasteiger charge is 2.29. The summed E-state index contributed by atoms with van der Waals surface area (Å²) in [7, 11) is 0.581. The quantitative estimate of drug-likeness (QED) is 0.566. The van der Waals surface area contributed by atoms with Gasteiger partial charge in [0.1, 0.15) is 5.75 Å². The standard InChI is InChI=1S/C27H31N3O4S/c1-29(2)35(32,33)28-27(31)20-11-13-23-24(17-20)30-15-7-10-19-16-21(34-3)12-14-22(19)26(30)25(23)18-8-5-4-6-9-18/h11-14,16-18H,4-6,8-10,15H2,1-3H3,(H,28,31). The summed E-state index contributed by atoms with van der Waals surface area (Å²) in [5.41, 5.74) is 6.13. The van der Waals surface area contributed by atoms with Crippen LogP contribution in [-0.4, -0.2) is 44.4 Å². The third kappa shape index (κ3) is 4.34. The van der Waals surface area contributed by atoms with Gasteiger partial charge in [0.15, 0.2) is 0 Å². The monoisotopic (exact) mass is 493 g/mol. The van der Waals surface area contributed by atoms with Crippen LogP contribution in [0.4, 0.5) is 0 Å². The van der Waals surface area contributed by atoms with Crippen LogP contribution < -0.4 is 9.46 Å². The molecular weight excluding hydrogens is 462 g/mol. The number of hydrogen-bond donors (Lipinski definition) is 1. The first kappa shape index (κ1) is 23.9. The first-order chi connectivity index (χ1) is 16.8. The van der Waals surface area contributed by atoms with Crippen molar-refractivity contribution in [2.24, 2.45) is 0 Å². The van der Waals surface area contributed by atoms with E-state index in [0.29, 0.717) is 24.4 Å². The maximum absolute atomic E-state index is 12.9. The molecule has 5 rings (SSSR count). The molecule has 1 saturated carbocycles. The van der Waals surface area contributed by atoms with Crippen LogP contribution in [0.1, 0.15) is 59.5 Å². The number of benzene rings is 2. The normalized spacial score (nSPS) is 16.6. The van der Waals surface area contributed by atoms with Crippen LogP contribution in [-0.2, 0) is 23.2 Å². The second-order valence-corrected chi connectivity index (χ2v) is 11.5. The number of nitrogens with zero attached hydrogens (tertiary/aromatic N) is 2. The zero-order valence-electron chi connectivity index (χ0n) is 20.4. The van der Waals surface area contributed by atoms with E-state index in [1.165, 1.54) is 55.7 Å². The smallest absolute Gasteiger partial charge is 0.303 e. The summed E-state index contributed by atoms with van der Waals surface area (Å²) in [5.74, 6) is 0.641. The Morgan fingerprint density at radius 2 is 1.89 bits per heavy atom. The van der Waals surface area contributed by atoms with Gasteiger partial charge in [-0.25, -0.2) is 4.72 Å². The SMILES string of the molecule is COc1ccc2c(c1)C[C]Cn1c-2c(C2CCCCC2)c2ccc(C(=O)NS(=O)(=O)N(C)C)cc21. The van der Waals surface area contributed by atoms with E-state index in [0.717, 1.165) is 33.8 Å². The molecule has 0 unspecified atom stereocenters. The van der Waals surface area contributed by atoms with Gasteiger partial charge in [-0.05, 0) is 66.6 Å². The minimum atomic E-state index is -3.88. The molecule has 0 spiro atoms. The molecule has 184 valence electrons. The van der Waals surface area contributed by atoms with Crippen molar-refractivity contribution in [2.75, 3.05) is 21.2 Å². The van der Waals surface area contributed by atoms with Crippen LogP contribution in [0.25, 0.3) is 22.2 Å². The molecule has 2 heterocycles. The van der Waals surface area contributed by atoms with Gasteiger partial charge in [-0.2, -0.15) is 12.7 Å². The number of rotatable bonds is 5. The first-order valence-electron chi connectivity index (χ1n) is 12.1. The van der Waals surface area contributed by atoms with Crippen LogP contribution in [0.15, 0.2) is 36.4 Å². The van der Waals surface area contributed by atoms with Gasteiger partial charge in [-0.1, -0.05) is 25.3 Å². The van der Waals surface area contributed by atoms with Gasteiger partial charge >= 0.3 is 10.2 Å². The van der Waals surface area contributed by atoms with Crippen LogP contribution in [0.5, 0.6) is 5.75 Å². The highest BCUT2D eigenvalue weighted by Crippen LogP contribution is 2.46. The van der Waals surface area contributed by atoms with Crippen LogP contribution in [0, 0.1) is 6.42 Å². The number of nitrogens with one attached hydrogen (secondary N) is 1. The maximum atomic E-state index is 12.9. The highest BCUT2D eigenvalue weighted by atomic mass is 32.2. The molecule has 0 saturated heterocycles. The molecule has 0 atom stereocenters. The summed E-state index contributed by atoms with van der Waals surface area (Å²) in [5, 5.41) is 1.13. The molecule has 0 bridgehead atoms. The van der Waals surface area contributed by atoms with E-state index in [1.54, 1.807) is 13.2 Å². The largest absolute Gasteiger partial charge is 0.497 e. The van der Waals surface area contributed by atoms with Crippen molar-refractivity contribution in [3.05, 3.63) is 59.5 Å². The molecule has 1 fully saturated rings. The van der Waals surface area contributed by atoms with Crippen molar-refractivity contribution >= 4 is 27.0 Å². The van der Waals surface area contributed by atoms with E-state index in [2.05, 4.69) is 27.8 Å². The lowest BCUT2D eigenvalue weighted by Gasteiger charge is -2.24. The first-order valence-corrected chi connectivity index (χ1v) is 13.5. The fourth-order valence-corrected chi connectivity index (χ4v) is 5.96. The van der Waals surface area contributed by atoms with E-state index < -0.39 is 16.1 Å². The van der Waals surface area contributed by atoms with E-state index in [9.17, 15) is 13.2 Å². The van der Waals surface area contributed by atoms with Crippen LogP contribution in [0.3, 0.4) is 0 Å².